The number of carbonyl (C=O) groups excluding carboxylic acids is 1. The molecular formula is C24H23NO4. The molecule has 3 aromatic rings. The molecule has 0 bridgehead atoms. The second-order valence-electron chi connectivity index (χ2n) is 6.82. The van der Waals surface area contributed by atoms with Crippen LogP contribution in [-0.2, 0) is 16.1 Å². The molecule has 1 amide bonds. The molecule has 0 aromatic heterocycles. The highest BCUT2D eigenvalue weighted by Crippen LogP contribution is 2.34. The number of benzene rings is 3. The van der Waals surface area contributed by atoms with Gasteiger partial charge in [0.1, 0.15) is 19.3 Å². The van der Waals surface area contributed by atoms with Crippen LogP contribution in [0.15, 0.2) is 84.9 Å². The van der Waals surface area contributed by atoms with Crippen molar-refractivity contribution in [2.45, 2.75) is 18.8 Å². The predicted octanol–water partition coefficient (Wildman–Crippen LogP) is 3.90. The van der Waals surface area contributed by atoms with E-state index in [2.05, 4.69) is 5.32 Å². The van der Waals surface area contributed by atoms with Gasteiger partial charge in [-0.15, -0.1) is 0 Å². The molecule has 0 spiro atoms. The molecule has 1 saturated heterocycles. The van der Waals surface area contributed by atoms with E-state index in [0.29, 0.717) is 24.7 Å². The van der Waals surface area contributed by atoms with Gasteiger partial charge in [0.25, 0.3) is 0 Å². The fourth-order valence-corrected chi connectivity index (χ4v) is 3.24. The van der Waals surface area contributed by atoms with Gasteiger partial charge in [-0.1, -0.05) is 72.8 Å². The Hall–Kier alpha value is -3.31. The number of amides is 1. The molecule has 1 aliphatic rings. The van der Waals surface area contributed by atoms with Crippen molar-refractivity contribution in [2.75, 3.05) is 13.2 Å². The molecule has 148 valence electrons. The number of nitrogens with one attached hydrogen (secondary N) is 1. The zero-order chi connectivity index (χ0) is 19.9. The van der Waals surface area contributed by atoms with Gasteiger partial charge in [0.15, 0.2) is 17.6 Å². The summed E-state index contributed by atoms with van der Waals surface area (Å²) < 4.78 is 18.2. The second-order valence-corrected chi connectivity index (χ2v) is 6.82. The van der Waals surface area contributed by atoms with Crippen LogP contribution in [0.4, 0.5) is 0 Å². The summed E-state index contributed by atoms with van der Waals surface area (Å²) in [5, 5.41) is 2.85. The maximum Gasteiger partial charge on any atom is 0.246 e. The number of para-hydroxylation sites is 2. The number of morpholine rings is 1. The highest BCUT2D eigenvalue weighted by molar-refractivity contribution is 5.77. The Morgan fingerprint density at radius 3 is 2.24 bits per heavy atom. The van der Waals surface area contributed by atoms with Crippen LogP contribution in [0, 0.1) is 0 Å². The van der Waals surface area contributed by atoms with Crippen LogP contribution in [0.3, 0.4) is 0 Å². The Morgan fingerprint density at radius 1 is 0.897 bits per heavy atom. The molecule has 5 heteroatoms. The van der Waals surface area contributed by atoms with Crippen molar-refractivity contribution >= 4 is 5.91 Å². The zero-order valence-electron chi connectivity index (χ0n) is 16.0. The molecule has 5 nitrogen and oxygen atoms in total. The van der Waals surface area contributed by atoms with Crippen molar-refractivity contribution in [1.29, 1.82) is 0 Å². The lowest BCUT2D eigenvalue weighted by molar-refractivity contribution is -0.137. The van der Waals surface area contributed by atoms with Gasteiger partial charge in [-0.05, 0) is 23.3 Å². The average molecular weight is 389 g/mol. The molecule has 29 heavy (non-hydrogen) atoms. The molecule has 1 unspecified atom stereocenters. The second kappa shape index (κ2) is 9.26. The van der Waals surface area contributed by atoms with E-state index in [0.717, 1.165) is 11.1 Å². The van der Waals surface area contributed by atoms with E-state index in [4.69, 9.17) is 14.2 Å². The number of ether oxygens (including phenoxy) is 3. The van der Waals surface area contributed by atoms with Crippen molar-refractivity contribution in [2.24, 2.45) is 0 Å². The minimum Gasteiger partial charge on any atom is -0.485 e. The van der Waals surface area contributed by atoms with Crippen molar-refractivity contribution in [1.82, 2.24) is 5.32 Å². The van der Waals surface area contributed by atoms with E-state index >= 15 is 0 Å². The quantitative estimate of drug-likeness (QED) is 0.666. The van der Waals surface area contributed by atoms with Gasteiger partial charge in [0, 0.05) is 6.54 Å². The maximum atomic E-state index is 11.5. The zero-order valence-corrected chi connectivity index (χ0v) is 16.0. The van der Waals surface area contributed by atoms with Gasteiger partial charge in [0.05, 0.1) is 0 Å². The van der Waals surface area contributed by atoms with E-state index in [9.17, 15) is 4.79 Å². The van der Waals surface area contributed by atoms with Crippen molar-refractivity contribution < 1.29 is 19.0 Å². The van der Waals surface area contributed by atoms with Crippen molar-refractivity contribution in [3.05, 3.63) is 96.1 Å². The van der Waals surface area contributed by atoms with Gasteiger partial charge >= 0.3 is 0 Å². The lowest BCUT2D eigenvalue weighted by Gasteiger charge is -2.31. The Bertz CT molecular complexity index is 920. The van der Waals surface area contributed by atoms with E-state index in [1.165, 1.54) is 0 Å². The van der Waals surface area contributed by atoms with Crippen molar-refractivity contribution in [3.8, 4) is 11.5 Å². The fourth-order valence-electron chi connectivity index (χ4n) is 3.24. The summed E-state index contributed by atoms with van der Waals surface area (Å²) in [5.74, 6) is 1.19. The molecule has 1 heterocycles. The largest absolute Gasteiger partial charge is 0.485 e. The monoisotopic (exact) mass is 389 g/mol. The van der Waals surface area contributed by atoms with E-state index < -0.39 is 0 Å². The van der Waals surface area contributed by atoms with Crippen LogP contribution < -0.4 is 14.8 Å². The molecule has 2 atom stereocenters. The topological polar surface area (TPSA) is 56.8 Å². The van der Waals surface area contributed by atoms with Gasteiger partial charge < -0.3 is 19.5 Å². The summed E-state index contributed by atoms with van der Waals surface area (Å²) in [6, 6.07) is 27.5. The molecule has 0 radical (unpaired) electrons. The third kappa shape index (κ3) is 4.95. The lowest BCUT2D eigenvalue weighted by Crippen LogP contribution is -2.46. The first kappa shape index (κ1) is 19.0. The summed E-state index contributed by atoms with van der Waals surface area (Å²) in [5.41, 5.74) is 2.06. The standard InChI is InChI=1S/C24H23NO4/c26-23-17-28-22(15-25-23)24(19-11-5-2-6-12-19)29-21-14-8-7-13-20(21)27-16-18-9-3-1-4-10-18/h1-14,22,24H,15-17H2,(H,25,26)/t22?,24-/m0/s1. The van der Waals surface area contributed by atoms with Gasteiger partial charge in [-0.25, -0.2) is 0 Å². The van der Waals surface area contributed by atoms with Crippen LogP contribution in [0.1, 0.15) is 17.2 Å². The van der Waals surface area contributed by atoms with Gasteiger partial charge in [-0.2, -0.15) is 0 Å². The molecule has 3 aromatic carbocycles. The van der Waals surface area contributed by atoms with Crippen LogP contribution in [0.5, 0.6) is 11.5 Å². The first-order valence-corrected chi connectivity index (χ1v) is 9.65. The lowest BCUT2D eigenvalue weighted by atomic mass is 10.0. The Morgan fingerprint density at radius 2 is 1.55 bits per heavy atom. The SMILES string of the molecule is O=C1COC([C@@H](Oc2ccccc2OCc2ccccc2)c2ccccc2)CN1. The molecular weight excluding hydrogens is 366 g/mol. The molecule has 1 fully saturated rings. The molecule has 0 aliphatic carbocycles. The fraction of sp³-hybridized carbons (Fsp3) is 0.208. The normalized spacial score (nSPS) is 17.2. The van der Waals surface area contributed by atoms with E-state index in [1.54, 1.807) is 0 Å². The van der Waals surface area contributed by atoms with Crippen molar-refractivity contribution in [3.63, 3.8) is 0 Å². The summed E-state index contributed by atoms with van der Waals surface area (Å²) in [4.78, 5) is 11.5. The minimum atomic E-state index is -0.377. The Kier molecular flexibility index (Phi) is 6.07. The van der Waals surface area contributed by atoms with Crippen LogP contribution in [-0.4, -0.2) is 25.2 Å². The third-order valence-electron chi connectivity index (χ3n) is 4.73. The highest BCUT2D eigenvalue weighted by atomic mass is 16.6. The van der Waals surface area contributed by atoms with Crippen LogP contribution in [0.2, 0.25) is 0 Å². The summed E-state index contributed by atoms with van der Waals surface area (Å²) in [7, 11) is 0. The van der Waals surface area contributed by atoms with E-state index in [1.807, 2.05) is 84.9 Å². The highest BCUT2D eigenvalue weighted by Gasteiger charge is 2.30. The number of hydrogen-bond acceptors (Lipinski definition) is 4. The smallest absolute Gasteiger partial charge is 0.246 e. The third-order valence-corrected chi connectivity index (χ3v) is 4.73. The predicted molar refractivity (Wildman–Crippen MR) is 110 cm³/mol. The summed E-state index contributed by atoms with van der Waals surface area (Å²) in [6.45, 7) is 0.877. The first-order valence-electron chi connectivity index (χ1n) is 9.65. The molecule has 0 saturated carbocycles. The van der Waals surface area contributed by atoms with Crippen LogP contribution in [0.25, 0.3) is 0 Å². The summed E-state index contributed by atoms with van der Waals surface area (Å²) in [6.07, 6.45) is -0.671. The molecule has 1 aliphatic heterocycles. The van der Waals surface area contributed by atoms with Gasteiger partial charge in [-0.3, -0.25) is 4.79 Å². The van der Waals surface area contributed by atoms with E-state index in [-0.39, 0.29) is 24.7 Å². The molecule has 1 N–H and O–H groups in total. The number of hydrogen-bond donors (Lipinski definition) is 1. The summed E-state index contributed by atoms with van der Waals surface area (Å²) >= 11 is 0. The number of rotatable bonds is 7. The maximum absolute atomic E-state index is 11.5. The Labute approximate surface area is 170 Å². The molecule has 4 rings (SSSR count). The minimum absolute atomic E-state index is 0.0313. The van der Waals surface area contributed by atoms with Gasteiger partial charge in [0.2, 0.25) is 5.91 Å². The van der Waals surface area contributed by atoms with Crippen LogP contribution >= 0.6 is 0 Å². The number of carbonyl (C=O) groups is 1. The Balaban J connectivity index is 1.55. The first-order chi connectivity index (χ1) is 14.3. The average Bonchev–Trinajstić information content (AvgIpc) is 2.79.